The second-order valence-corrected chi connectivity index (χ2v) is 5.86. The highest BCUT2D eigenvalue weighted by molar-refractivity contribution is 6.30. The van der Waals surface area contributed by atoms with E-state index in [2.05, 4.69) is 29.4 Å². The Morgan fingerprint density at radius 3 is 2.62 bits per heavy atom. The molecule has 0 aliphatic rings. The predicted octanol–water partition coefficient (Wildman–Crippen LogP) is 3.16. The highest BCUT2D eigenvalue weighted by Crippen LogP contribution is 2.25. The zero-order chi connectivity index (χ0) is 15.2. The molecule has 0 spiro atoms. The van der Waals surface area contributed by atoms with Gasteiger partial charge in [0.1, 0.15) is 0 Å². The largest absolute Gasteiger partial charge is 0.355 e. The Labute approximate surface area is 129 Å². The van der Waals surface area contributed by atoms with Gasteiger partial charge >= 0.3 is 0 Å². The number of hydrogen-bond donors (Lipinski definition) is 2. The fourth-order valence-electron chi connectivity index (χ4n) is 2.36. The first-order chi connectivity index (χ1) is 10.1. The van der Waals surface area contributed by atoms with E-state index in [9.17, 15) is 4.79 Å². The van der Waals surface area contributed by atoms with Gasteiger partial charge in [0.15, 0.2) is 0 Å². The molecule has 2 rings (SSSR count). The minimum atomic E-state index is -0.161. The maximum Gasteiger partial charge on any atom is 0.227 e. The highest BCUT2D eigenvalue weighted by atomic mass is 35.5. The molecule has 0 radical (unpaired) electrons. The van der Waals surface area contributed by atoms with Crippen LogP contribution in [0.2, 0.25) is 5.02 Å². The Hall–Kier alpha value is -1.81. The molecular weight excluding hydrogens is 286 g/mol. The van der Waals surface area contributed by atoms with Crippen LogP contribution in [0.15, 0.2) is 36.7 Å². The van der Waals surface area contributed by atoms with Crippen LogP contribution in [0.25, 0.3) is 0 Å². The molecule has 4 nitrogen and oxygen atoms in total. The second-order valence-electron chi connectivity index (χ2n) is 5.42. The van der Waals surface area contributed by atoms with Crippen molar-refractivity contribution in [1.29, 1.82) is 0 Å². The van der Waals surface area contributed by atoms with Crippen molar-refractivity contribution >= 4 is 17.5 Å². The van der Waals surface area contributed by atoms with E-state index in [4.69, 9.17) is 11.6 Å². The first kappa shape index (κ1) is 15.6. The van der Waals surface area contributed by atoms with Gasteiger partial charge in [0.25, 0.3) is 0 Å². The van der Waals surface area contributed by atoms with Gasteiger partial charge in [0.2, 0.25) is 5.91 Å². The molecule has 0 fully saturated rings. The molecule has 1 amide bonds. The molecule has 5 heteroatoms. The lowest BCUT2D eigenvalue weighted by Gasteiger charge is -2.20. The molecule has 112 valence electrons. The summed E-state index contributed by atoms with van der Waals surface area (Å²) < 4.78 is 0. The van der Waals surface area contributed by atoms with E-state index in [1.165, 1.54) is 0 Å². The van der Waals surface area contributed by atoms with E-state index < -0.39 is 0 Å². The van der Waals surface area contributed by atoms with Gasteiger partial charge in [0, 0.05) is 17.8 Å². The topological polar surface area (TPSA) is 57.8 Å². The maximum atomic E-state index is 12.4. The van der Waals surface area contributed by atoms with Crippen LogP contribution >= 0.6 is 11.6 Å². The van der Waals surface area contributed by atoms with Gasteiger partial charge in [-0.3, -0.25) is 9.89 Å². The van der Waals surface area contributed by atoms with Gasteiger partial charge < -0.3 is 5.32 Å². The third kappa shape index (κ3) is 4.33. The number of aromatic nitrogens is 2. The van der Waals surface area contributed by atoms with Crippen molar-refractivity contribution in [3.8, 4) is 0 Å². The minimum absolute atomic E-state index is 0.0517. The zero-order valence-corrected chi connectivity index (χ0v) is 13.0. The maximum absolute atomic E-state index is 12.4. The molecule has 21 heavy (non-hydrogen) atoms. The van der Waals surface area contributed by atoms with Crippen LogP contribution < -0.4 is 5.32 Å². The van der Waals surface area contributed by atoms with Crippen LogP contribution in [0, 0.1) is 5.92 Å². The molecule has 1 heterocycles. The highest BCUT2D eigenvalue weighted by Gasteiger charge is 2.23. The Kier molecular flexibility index (Phi) is 5.39. The molecule has 1 aromatic heterocycles. The van der Waals surface area contributed by atoms with E-state index >= 15 is 0 Å². The second kappa shape index (κ2) is 7.27. The molecule has 0 saturated heterocycles. The van der Waals surface area contributed by atoms with Gasteiger partial charge in [-0.2, -0.15) is 5.10 Å². The summed E-state index contributed by atoms with van der Waals surface area (Å²) in [4.78, 5) is 12.4. The fourth-order valence-corrected chi connectivity index (χ4v) is 2.49. The SMILES string of the molecule is CC(C)C(C(=O)NCCc1cn[nH]c1)c1ccc(Cl)cc1. The van der Waals surface area contributed by atoms with Crippen LogP contribution in [0.4, 0.5) is 0 Å². The van der Waals surface area contributed by atoms with Gasteiger partial charge in [-0.05, 0) is 35.6 Å². The van der Waals surface area contributed by atoms with Crippen molar-refractivity contribution < 1.29 is 4.79 Å². The standard InChI is InChI=1S/C16H20ClN3O/c1-11(2)15(13-3-5-14(17)6-4-13)16(21)18-8-7-12-9-19-20-10-12/h3-6,9-11,15H,7-8H2,1-2H3,(H,18,21)(H,19,20). The van der Waals surface area contributed by atoms with Gasteiger partial charge in [-0.25, -0.2) is 0 Å². The number of nitrogens with one attached hydrogen (secondary N) is 2. The van der Waals surface area contributed by atoms with Gasteiger partial charge in [-0.1, -0.05) is 37.6 Å². The number of H-pyrrole nitrogens is 1. The molecule has 1 aromatic carbocycles. The van der Waals surface area contributed by atoms with E-state index in [-0.39, 0.29) is 17.7 Å². The first-order valence-corrected chi connectivity index (χ1v) is 7.46. The Balaban J connectivity index is 1.97. The van der Waals surface area contributed by atoms with Crippen LogP contribution in [-0.4, -0.2) is 22.6 Å². The van der Waals surface area contributed by atoms with E-state index in [0.717, 1.165) is 17.5 Å². The molecule has 0 bridgehead atoms. The lowest BCUT2D eigenvalue weighted by molar-refractivity contribution is -0.123. The summed E-state index contributed by atoms with van der Waals surface area (Å²) in [5.41, 5.74) is 2.08. The van der Waals surface area contributed by atoms with E-state index in [0.29, 0.717) is 11.6 Å². The normalized spacial score (nSPS) is 12.4. The molecule has 2 N–H and O–H groups in total. The quantitative estimate of drug-likeness (QED) is 0.861. The molecule has 0 aliphatic carbocycles. The number of halogens is 1. The fraction of sp³-hybridized carbons (Fsp3) is 0.375. The lowest BCUT2D eigenvalue weighted by atomic mass is 9.87. The smallest absolute Gasteiger partial charge is 0.227 e. The minimum Gasteiger partial charge on any atom is -0.355 e. The molecule has 1 unspecified atom stereocenters. The summed E-state index contributed by atoms with van der Waals surface area (Å²) in [5.74, 6) is 0.113. The number of carbonyl (C=O) groups excluding carboxylic acids is 1. The summed E-state index contributed by atoms with van der Waals surface area (Å²) in [6, 6.07) is 7.49. The van der Waals surface area contributed by atoms with Crippen molar-refractivity contribution in [3.05, 3.63) is 52.8 Å². The Morgan fingerprint density at radius 1 is 1.33 bits per heavy atom. The third-order valence-corrected chi connectivity index (χ3v) is 3.70. The van der Waals surface area contributed by atoms with Gasteiger partial charge in [-0.15, -0.1) is 0 Å². The number of benzene rings is 1. The Bertz CT molecular complexity index is 564. The van der Waals surface area contributed by atoms with Crippen molar-refractivity contribution in [2.24, 2.45) is 5.92 Å². The van der Waals surface area contributed by atoms with E-state index in [1.54, 1.807) is 6.20 Å². The van der Waals surface area contributed by atoms with Crippen molar-refractivity contribution in [3.63, 3.8) is 0 Å². The number of nitrogens with zero attached hydrogens (tertiary/aromatic N) is 1. The first-order valence-electron chi connectivity index (χ1n) is 7.08. The Morgan fingerprint density at radius 2 is 2.05 bits per heavy atom. The third-order valence-electron chi connectivity index (χ3n) is 3.45. The molecule has 0 saturated carbocycles. The number of carbonyl (C=O) groups is 1. The summed E-state index contributed by atoms with van der Waals surface area (Å²) >= 11 is 5.91. The lowest BCUT2D eigenvalue weighted by Crippen LogP contribution is -2.33. The van der Waals surface area contributed by atoms with Crippen LogP contribution in [-0.2, 0) is 11.2 Å². The monoisotopic (exact) mass is 305 g/mol. The number of rotatable bonds is 6. The molecule has 0 aliphatic heterocycles. The summed E-state index contributed by atoms with van der Waals surface area (Å²) in [5, 5.41) is 10.3. The molecular formula is C16H20ClN3O. The summed E-state index contributed by atoms with van der Waals surface area (Å²) in [7, 11) is 0. The van der Waals surface area contributed by atoms with Crippen molar-refractivity contribution in [2.75, 3.05) is 6.54 Å². The number of aromatic amines is 1. The average molecular weight is 306 g/mol. The van der Waals surface area contributed by atoms with Crippen LogP contribution in [0.1, 0.15) is 30.9 Å². The van der Waals surface area contributed by atoms with Crippen LogP contribution in [0.3, 0.4) is 0 Å². The number of hydrogen-bond acceptors (Lipinski definition) is 2. The molecule has 2 aromatic rings. The van der Waals surface area contributed by atoms with Crippen molar-refractivity contribution in [2.45, 2.75) is 26.2 Å². The zero-order valence-electron chi connectivity index (χ0n) is 12.3. The predicted molar refractivity (Wildman–Crippen MR) is 84.3 cm³/mol. The average Bonchev–Trinajstić information content (AvgIpc) is 2.94. The van der Waals surface area contributed by atoms with Crippen molar-refractivity contribution in [1.82, 2.24) is 15.5 Å². The van der Waals surface area contributed by atoms with Crippen LogP contribution in [0.5, 0.6) is 0 Å². The van der Waals surface area contributed by atoms with E-state index in [1.807, 2.05) is 30.5 Å². The summed E-state index contributed by atoms with van der Waals surface area (Å²) in [6.45, 7) is 4.71. The number of amides is 1. The van der Waals surface area contributed by atoms with Gasteiger partial charge in [0.05, 0.1) is 12.1 Å². The molecule has 1 atom stereocenters. The summed E-state index contributed by atoms with van der Waals surface area (Å²) in [6.07, 6.45) is 4.38.